The summed E-state index contributed by atoms with van der Waals surface area (Å²) < 4.78 is 9.23. The van der Waals surface area contributed by atoms with E-state index in [2.05, 4.69) is 14.8 Å². The van der Waals surface area contributed by atoms with Crippen LogP contribution in [-0.4, -0.2) is 48.8 Å². The van der Waals surface area contributed by atoms with E-state index in [4.69, 9.17) is 5.11 Å². The maximum Gasteiger partial charge on any atom is 0.321 e. The predicted molar refractivity (Wildman–Crippen MR) is 59.7 cm³/mol. The van der Waals surface area contributed by atoms with Gasteiger partial charge in [-0.05, 0) is 13.8 Å². The Morgan fingerprint density at radius 1 is 1.11 bits per heavy atom. The summed E-state index contributed by atoms with van der Waals surface area (Å²) in [6, 6.07) is -1.17. The van der Waals surface area contributed by atoms with Gasteiger partial charge in [-0.25, -0.2) is 0 Å². The normalized spacial score (nSPS) is 29.7. The van der Waals surface area contributed by atoms with Crippen molar-refractivity contribution in [2.45, 2.75) is 25.4 Å². The molecule has 0 aromatic rings. The van der Waals surface area contributed by atoms with Crippen molar-refractivity contribution in [3.05, 3.63) is 0 Å². The second kappa shape index (κ2) is 4.93. The molecule has 7 heteroatoms. The maximum atomic E-state index is 11.8. The second-order valence-corrected chi connectivity index (χ2v) is 4.73. The molecule has 1 aliphatic heterocycles. The van der Waals surface area contributed by atoms with Gasteiger partial charge in [0.05, 0.1) is 26.1 Å². The van der Waals surface area contributed by atoms with Crippen molar-refractivity contribution in [3.63, 3.8) is 0 Å². The monoisotopic (exact) mass is 259 g/mol. The number of rotatable bonds is 3. The van der Waals surface area contributed by atoms with E-state index in [1.807, 2.05) is 0 Å². The zero-order valence-electron chi connectivity index (χ0n) is 10.7. The Hall–Kier alpha value is -1.63. The van der Waals surface area contributed by atoms with Crippen molar-refractivity contribution >= 4 is 17.9 Å². The van der Waals surface area contributed by atoms with Gasteiger partial charge in [0.25, 0.3) is 0 Å². The molecule has 3 atom stereocenters. The summed E-state index contributed by atoms with van der Waals surface area (Å²) in [6.45, 7) is 3.29. The number of aliphatic carboxylic acids is 1. The Kier molecular flexibility index (Phi) is 3.95. The Balaban J connectivity index is 3.20. The number of esters is 2. The number of carboxylic acids is 1. The first kappa shape index (κ1) is 14.4. The highest BCUT2D eigenvalue weighted by molar-refractivity contribution is 5.90. The van der Waals surface area contributed by atoms with E-state index in [1.165, 1.54) is 7.11 Å². The van der Waals surface area contributed by atoms with Gasteiger partial charge in [0.2, 0.25) is 0 Å². The average molecular weight is 259 g/mol. The van der Waals surface area contributed by atoms with E-state index in [0.717, 1.165) is 7.11 Å². The number of nitrogens with one attached hydrogen (secondary N) is 1. The first-order chi connectivity index (χ1) is 8.26. The molecule has 1 heterocycles. The summed E-state index contributed by atoms with van der Waals surface area (Å²) in [5.74, 6) is -4.58. The van der Waals surface area contributed by atoms with Crippen molar-refractivity contribution in [2.24, 2.45) is 11.8 Å². The quantitative estimate of drug-likeness (QED) is 0.652. The van der Waals surface area contributed by atoms with E-state index in [0.29, 0.717) is 0 Å². The molecule has 0 saturated carbocycles. The highest BCUT2D eigenvalue weighted by Gasteiger charge is 2.58. The smallest absolute Gasteiger partial charge is 0.321 e. The van der Waals surface area contributed by atoms with Crippen molar-refractivity contribution in [2.75, 3.05) is 14.2 Å². The Morgan fingerprint density at radius 3 is 2.00 bits per heavy atom. The molecule has 1 aliphatic rings. The summed E-state index contributed by atoms with van der Waals surface area (Å²) in [4.78, 5) is 34.6. The molecule has 0 aromatic carbocycles. The second-order valence-electron chi connectivity index (χ2n) is 4.73. The van der Waals surface area contributed by atoms with Gasteiger partial charge >= 0.3 is 17.9 Å². The Morgan fingerprint density at radius 2 is 1.61 bits per heavy atom. The van der Waals surface area contributed by atoms with Gasteiger partial charge in [0, 0.05) is 5.54 Å². The molecule has 0 unspecified atom stereocenters. The van der Waals surface area contributed by atoms with Gasteiger partial charge in [-0.3, -0.25) is 19.7 Å². The number of hydrogen-bond acceptors (Lipinski definition) is 6. The molecule has 0 spiro atoms. The van der Waals surface area contributed by atoms with Crippen LogP contribution in [0.2, 0.25) is 0 Å². The molecule has 1 saturated heterocycles. The van der Waals surface area contributed by atoms with Crippen molar-refractivity contribution in [1.82, 2.24) is 5.32 Å². The van der Waals surface area contributed by atoms with Crippen LogP contribution in [0, 0.1) is 11.8 Å². The molecule has 0 bridgehead atoms. The van der Waals surface area contributed by atoms with Gasteiger partial charge in [-0.1, -0.05) is 0 Å². The summed E-state index contributed by atoms with van der Waals surface area (Å²) in [7, 11) is 2.35. The minimum Gasteiger partial charge on any atom is -0.480 e. The summed E-state index contributed by atoms with van der Waals surface area (Å²) in [5.41, 5.74) is -0.866. The molecule has 0 aromatic heterocycles. The molecule has 0 amide bonds. The minimum atomic E-state index is -1.20. The number of methoxy groups -OCH3 is 2. The van der Waals surface area contributed by atoms with E-state index in [-0.39, 0.29) is 0 Å². The van der Waals surface area contributed by atoms with Crippen LogP contribution in [0.1, 0.15) is 13.8 Å². The fraction of sp³-hybridized carbons (Fsp3) is 0.727. The Labute approximate surface area is 104 Å². The van der Waals surface area contributed by atoms with E-state index in [1.54, 1.807) is 13.8 Å². The third-order valence-corrected chi connectivity index (χ3v) is 3.22. The SMILES string of the molecule is COC(=O)[C@@H]1[C@H](C(=O)O)NC(C)(C)[C@H]1C(=O)OC. The summed E-state index contributed by atoms with van der Waals surface area (Å²) in [6.07, 6.45) is 0. The molecule has 2 N–H and O–H groups in total. The van der Waals surface area contributed by atoms with Crippen LogP contribution in [-0.2, 0) is 23.9 Å². The minimum absolute atomic E-state index is 0.633. The van der Waals surface area contributed by atoms with Crippen LogP contribution in [0.3, 0.4) is 0 Å². The largest absolute Gasteiger partial charge is 0.480 e. The van der Waals surface area contributed by atoms with E-state index < -0.39 is 41.3 Å². The van der Waals surface area contributed by atoms with Crippen LogP contribution in [0.5, 0.6) is 0 Å². The summed E-state index contributed by atoms with van der Waals surface area (Å²) >= 11 is 0. The predicted octanol–water partition coefficient (Wildman–Crippen LogP) is -0.600. The zero-order valence-corrected chi connectivity index (χ0v) is 10.7. The van der Waals surface area contributed by atoms with Gasteiger partial charge in [-0.15, -0.1) is 0 Å². The highest BCUT2D eigenvalue weighted by atomic mass is 16.5. The molecular formula is C11H17NO6. The lowest BCUT2D eigenvalue weighted by atomic mass is 9.81. The van der Waals surface area contributed by atoms with Gasteiger partial charge < -0.3 is 14.6 Å². The van der Waals surface area contributed by atoms with Gasteiger partial charge in [0.15, 0.2) is 0 Å². The average Bonchev–Trinajstić information content (AvgIpc) is 2.59. The molecule has 102 valence electrons. The topological polar surface area (TPSA) is 102 Å². The highest BCUT2D eigenvalue weighted by Crippen LogP contribution is 2.37. The Bertz CT molecular complexity index is 378. The zero-order chi connectivity index (χ0) is 14.1. The number of carbonyl (C=O) groups excluding carboxylic acids is 2. The van der Waals surface area contributed by atoms with Crippen LogP contribution >= 0.6 is 0 Å². The third-order valence-electron chi connectivity index (χ3n) is 3.22. The molecule has 18 heavy (non-hydrogen) atoms. The molecule has 0 radical (unpaired) electrons. The van der Waals surface area contributed by atoms with Gasteiger partial charge in [-0.2, -0.15) is 0 Å². The first-order valence-electron chi connectivity index (χ1n) is 5.42. The number of hydrogen-bond donors (Lipinski definition) is 2. The lowest BCUT2D eigenvalue weighted by Crippen LogP contribution is -2.45. The van der Waals surface area contributed by atoms with Crippen LogP contribution in [0.15, 0.2) is 0 Å². The van der Waals surface area contributed by atoms with E-state index >= 15 is 0 Å². The van der Waals surface area contributed by atoms with Crippen molar-refractivity contribution in [1.29, 1.82) is 0 Å². The summed E-state index contributed by atoms with van der Waals surface area (Å²) in [5, 5.41) is 11.9. The van der Waals surface area contributed by atoms with Gasteiger partial charge in [0.1, 0.15) is 6.04 Å². The van der Waals surface area contributed by atoms with Crippen LogP contribution in [0.25, 0.3) is 0 Å². The fourth-order valence-electron chi connectivity index (χ4n) is 2.41. The lowest BCUT2D eigenvalue weighted by molar-refractivity contribution is -0.159. The molecule has 1 fully saturated rings. The number of ether oxygens (including phenoxy) is 2. The standard InChI is InChI=1S/C11H17NO6/c1-11(2)6(10(16)18-4)5(9(15)17-3)7(12-11)8(13)14/h5-7,12H,1-4H3,(H,13,14)/t5-,6+,7+/m0/s1. The molecule has 1 rings (SSSR count). The van der Waals surface area contributed by atoms with Crippen molar-refractivity contribution in [3.8, 4) is 0 Å². The third kappa shape index (κ3) is 2.31. The van der Waals surface area contributed by atoms with Crippen LogP contribution in [0.4, 0.5) is 0 Å². The van der Waals surface area contributed by atoms with Crippen LogP contribution < -0.4 is 5.32 Å². The lowest BCUT2D eigenvalue weighted by Gasteiger charge is -2.26. The molecule has 7 nitrogen and oxygen atoms in total. The van der Waals surface area contributed by atoms with Crippen molar-refractivity contribution < 1.29 is 29.0 Å². The molecule has 0 aliphatic carbocycles. The number of carboxylic acid groups (broad SMARTS) is 1. The fourth-order valence-corrected chi connectivity index (χ4v) is 2.41. The first-order valence-corrected chi connectivity index (χ1v) is 5.42. The molecular weight excluding hydrogens is 242 g/mol. The maximum absolute atomic E-state index is 11.8. The van der Waals surface area contributed by atoms with E-state index in [9.17, 15) is 14.4 Å². The number of carbonyl (C=O) groups is 3.